The molecule has 1 N–H and O–H groups in total. The number of aromatic carboxylic acids is 1. The average molecular weight is 486 g/mol. The highest BCUT2D eigenvalue weighted by molar-refractivity contribution is 7.80. The van der Waals surface area contributed by atoms with Crippen LogP contribution in [0.3, 0.4) is 0 Å². The molecule has 0 radical (unpaired) electrons. The molecule has 0 amide bonds. The number of hydrogen-bond donors (Lipinski definition) is 1. The number of carbonyl (C=O) groups is 1. The number of halogens is 1. The molecule has 0 aliphatic carbocycles. The SMILES string of the molecule is Cc1cc([N+](=O)[O-])cc(C)c1-c1cccc2c1c1ccccc1c(C(=O)O)[n+]2C.O=S(=O)([O-])F. The van der Waals surface area contributed by atoms with Gasteiger partial charge in [-0.05, 0) is 42.2 Å². The number of aryl methyl sites for hydroxylation is 3. The second-order valence-electron chi connectivity index (χ2n) is 7.56. The normalized spacial score (nSPS) is 11.2. The first-order valence-electron chi connectivity index (χ1n) is 9.79. The third kappa shape index (κ3) is 4.85. The van der Waals surface area contributed by atoms with Crippen LogP contribution in [0.5, 0.6) is 0 Å². The summed E-state index contributed by atoms with van der Waals surface area (Å²) in [7, 11) is -3.67. The van der Waals surface area contributed by atoms with Crippen molar-refractivity contribution in [3.8, 4) is 11.1 Å². The van der Waals surface area contributed by atoms with Gasteiger partial charge in [0.1, 0.15) is 7.05 Å². The van der Waals surface area contributed by atoms with Crippen molar-refractivity contribution >= 4 is 43.8 Å². The molecule has 3 aromatic carbocycles. The van der Waals surface area contributed by atoms with E-state index in [0.29, 0.717) is 5.39 Å². The van der Waals surface area contributed by atoms with Gasteiger partial charge in [-0.2, -0.15) is 4.57 Å². The minimum Gasteiger partial charge on any atom is -0.722 e. The predicted molar refractivity (Wildman–Crippen MR) is 122 cm³/mol. The van der Waals surface area contributed by atoms with Crippen LogP contribution in [0.2, 0.25) is 0 Å². The average Bonchev–Trinajstić information content (AvgIpc) is 2.72. The molecular formula is C23H19FN2O7S. The quantitative estimate of drug-likeness (QED) is 0.115. The lowest BCUT2D eigenvalue weighted by Crippen LogP contribution is -2.37. The van der Waals surface area contributed by atoms with Crippen molar-refractivity contribution in [2.24, 2.45) is 7.05 Å². The first-order valence-corrected chi connectivity index (χ1v) is 11.1. The molecule has 0 aliphatic rings. The molecule has 176 valence electrons. The summed E-state index contributed by atoms with van der Waals surface area (Å²) in [6.07, 6.45) is 0. The van der Waals surface area contributed by atoms with E-state index in [1.165, 1.54) is 0 Å². The van der Waals surface area contributed by atoms with Crippen LogP contribution in [0.4, 0.5) is 9.57 Å². The van der Waals surface area contributed by atoms with E-state index in [4.69, 9.17) is 13.0 Å². The highest BCUT2D eigenvalue weighted by Gasteiger charge is 2.26. The topological polar surface area (TPSA) is 142 Å². The molecule has 0 unspecified atom stereocenters. The van der Waals surface area contributed by atoms with Gasteiger partial charge in [-0.1, -0.05) is 30.3 Å². The number of carboxylic acids is 1. The maximum absolute atomic E-state index is 12.0. The summed E-state index contributed by atoms with van der Waals surface area (Å²) in [6.45, 7) is 3.73. The molecule has 4 aromatic rings. The molecule has 0 aliphatic heterocycles. The van der Waals surface area contributed by atoms with Crippen LogP contribution in [0, 0.1) is 24.0 Å². The molecule has 11 heteroatoms. The zero-order chi connectivity index (χ0) is 25.4. The van der Waals surface area contributed by atoms with E-state index in [9.17, 15) is 23.9 Å². The fourth-order valence-corrected chi connectivity index (χ4v) is 4.25. The van der Waals surface area contributed by atoms with E-state index < -0.39 is 16.5 Å². The number of nitrogens with zero attached hydrogens (tertiary/aromatic N) is 2. The van der Waals surface area contributed by atoms with Crippen molar-refractivity contribution in [2.45, 2.75) is 13.8 Å². The van der Waals surface area contributed by atoms with Crippen molar-refractivity contribution in [2.75, 3.05) is 0 Å². The zero-order valence-corrected chi connectivity index (χ0v) is 19.1. The smallest absolute Gasteiger partial charge is 0.401 e. The second-order valence-corrected chi connectivity index (χ2v) is 8.35. The van der Waals surface area contributed by atoms with Gasteiger partial charge in [-0.15, -0.1) is 3.89 Å². The van der Waals surface area contributed by atoms with E-state index >= 15 is 0 Å². The first kappa shape index (κ1) is 24.7. The monoisotopic (exact) mass is 486 g/mol. The highest BCUT2D eigenvalue weighted by Crippen LogP contribution is 2.38. The maximum atomic E-state index is 12.0. The van der Waals surface area contributed by atoms with Crippen LogP contribution in [0.1, 0.15) is 21.6 Å². The van der Waals surface area contributed by atoms with Gasteiger partial charge < -0.3 is 9.66 Å². The Labute approximate surface area is 193 Å². The summed E-state index contributed by atoms with van der Waals surface area (Å²) < 4.78 is 37.0. The fourth-order valence-electron chi connectivity index (χ4n) is 4.25. The van der Waals surface area contributed by atoms with Crippen LogP contribution in [-0.2, 0) is 17.6 Å². The molecule has 1 aromatic heterocycles. The molecular weight excluding hydrogens is 467 g/mol. The van der Waals surface area contributed by atoms with Gasteiger partial charge in [-0.25, -0.2) is 13.2 Å². The van der Waals surface area contributed by atoms with Crippen LogP contribution < -0.4 is 4.57 Å². The lowest BCUT2D eigenvalue weighted by atomic mass is 9.90. The number of pyridine rings is 1. The Morgan fingerprint density at radius 1 is 1.03 bits per heavy atom. The molecule has 0 fully saturated rings. The lowest BCUT2D eigenvalue weighted by molar-refractivity contribution is -0.646. The highest BCUT2D eigenvalue weighted by atomic mass is 32.3. The minimum absolute atomic E-state index is 0.0626. The number of non-ortho nitro benzene ring substituents is 1. The van der Waals surface area contributed by atoms with E-state index in [1.54, 1.807) is 23.7 Å². The molecule has 4 rings (SSSR count). The van der Waals surface area contributed by atoms with Crippen LogP contribution in [-0.4, -0.2) is 29.0 Å². The zero-order valence-electron chi connectivity index (χ0n) is 18.3. The molecule has 0 bridgehead atoms. The van der Waals surface area contributed by atoms with Crippen LogP contribution in [0.25, 0.3) is 32.8 Å². The van der Waals surface area contributed by atoms with Crippen molar-refractivity contribution in [3.05, 3.63) is 81.5 Å². The number of fused-ring (bicyclic) bond motifs is 3. The molecule has 0 spiro atoms. The standard InChI is InChI=1S/C23H18N2O4.FHO3S/c1-13-11-15(25(28)29)12-14(2)20(13)18-9-6-10-19-21(18)16-7-4-5-8-17(16)22(23(26)27)24(19)3;1-5(2,3)4/h4-12H,1-3H3;(H,2,3,4). The maximum Gasteiger partial charge on any atom is 0.401 e. The Bertz CT molecular complexity index is 1550. The summed E-state index contributed by atoms with van der Waals surface area (Å²) in [5.41, 5.74) is 4.53. The summed E-state index contributed by atoms with van der Waals surface area (Å²) in [5, 5.41) is 23.4. The summed E-state index contributed by atoms with van der Waals surface area (Å²) in [6, 6.07) is 16.4. The number of carboxylic acid groups (broad SMARTS) is 1. The Morgan fingerprint density at radius 2 is 1.56 bits per heavy atom. The molecule has 0 atom stereocenters. The van der Waals surface area contributed by atoms with Crippen molar-refractivity contribution in [3.63, 3.8) is 0 Å². The van der Waals surface area contributed by atoms with Crippen LogP contribution in [0.15, 0.2) is 54.6 Å². The molecule has 0 saturated carbocycles. The Balaban J connectivity index is 0.000000588. The lowest BCUT2D eigenvalue weighted by Gasteiger charge is -2.14. The van der Waals surface area contributed by atoms with Gasteiger partial charge in [0.25, 0.3) is 21.9 Å². The van der Waals surface area contributed by atoms with Gasteiger partial charge in [0.05, 0.1) is 15.7 Å². The predicted octanol–water partition coefficient (Wildman–Crippen LogP) is 4.12. The van der Waals surface area contributed by atoms with Gasteiger partial charge in [0.15, 0.2) is 0 Å². The van der Waals surface area contributed by atoms with Crippen molar-refractivity contribution in [1.29, 1.82) is 0 Å². The van der Waals surface area contributed by atoms with Crippen LogP contribution >= 0.6 is 0 Å². The van der Waals surface area contributed by atoms with Gasteiger partial charge in [0.2, 0.25) is 5.52 Å². The number of benzene rings is 3. The minimum atomic E-state index is -5.42. The molecule has 34 heavy (non-hydrogen) atoms. The van der Waals surface area contributed by atoms with E-state index in [0.717, 1.165) is 38.5 Å². The Morgan fingerprint density at radius 3 is 2.06 bits per heavy atom. The van der Waals surface area contributed by atoms with Crippen molar-refractivity contribution < 1.29 is 36.2 Å². The second kappa shape index (κ2) is 9.12. The molecule has 9 nitrogen and oxygen atoms in total. The Hall–Kier alpha value is -3.96. The van der Waals surface area contributed by atoms with Gasteiger partial charge in [-0.3, -0.25) is 10.1 Å². The number of hydrogen-bond acceptors (Lipinski definition) is 6. The summed E-state index contributed by atoms with van der Waals surface area (Å²) in [4.78, 5) is 22.8. The number of aromatic nitrogens is 1. The Kier molecular flexibility index (Phi) is 6.62. The third-order valence-corrected chi connectivity index (χ3v) is 5.39. The molecule has 1 heterocycles. The van der Waals surface area contributed by atoms with Gasteiger partial charge in [0, 0.05) is 23.6 Å². The first-order chi connectivity index (χ1) is 15.8. The third-order valence-electron chi connectivity index (χ3n) is 5.39. The van der Waals surface area contributed by atoms with Gasteiger partial charge >= 0.3 is 5.97 Å². The summed E-state index contributed by atoms with van der Waals surface area (Å²) >= 11 is 0. The largest absolute Gasteiger partial charge is 0.722 e. The fraction of sp³-hybridized carbons (Fsp3) is 0.130. The number of rotatable bonds is 3. The summed E-state index contributed by atoms with van der Waals surface area (Å²) in [5.74, 6) is -0.987. The number of nitro groups is 1. The number of nitro benzene ring substituents is 1. The van der Waals surface area contributed by atoms with E-state index in [1.807, 2.05) is 56.3 Å². The van der Waals surface area contributed by atoms with E-state index in [-0.39, 0.29) is 16.3 Å². The van der Waals surface area contributed by atoms with Crippen molar-refractivity contribution in [1.82, 2.24) is 0 Å². The molecule has 0 saturated heterocycles. The van der Waals surface area contributed by atoms with E-state index in [2.05, 4.69) is 0 Å².